The van der Waals surface area contributed by atoms with E-state index in [1.165, 1.54) is 12.8 Å². The molecule has 0 aromatic carbocycles. The molecule has 118 valence electrons. The van der Waals surface area contributed by atoms with Crippen LogP contribution in [-0.2, 0) is 11.3 Å². The minimum Gasteiger partial charge on any atom is -0.383 e. The van der Waals surface area contributed by atoms with E-state index in [-0.39, 0.29) is 0 Å². The van der Waals surface area contributed by atoms with Gasteiger partial charge >= 0.3 is 0 Å². The lowest BCUT2D eigenvalue weighted by atomic mass is 10.2. The molecule has 0 bridgehead atoms. The number of halogens is 1. The SMILES string of the molecule is COCCN(c1ccc(Cl)c(CNCC(C)C)n1)C1CC1. The van der Waals surface area contributed by atoms with Gasteiger partial charge in [-0.25, -0.2) is 4.98 Å². The van der Waals surface area contributed by atoms with Crippen molar-refractivity contribution in [3.63, 3.8) is 0 Å². The summed E-state index contributed by atoms with van der Waals surface area (Å²) in [7, 11) is 1.74. The number of nitrogens with zero attached hydrogens (tertiary/aromatic N) is 2. The second-order valence-electron chi connectivity index (χ2n) is 6.04. The standard InChI is InChI=1S/C16H26ClN3O/c1-12(2)10-18-11-15-14(17)6-7-16(19-15)20(8-9-21-3)13-4-5-13/h6-7,12-13,18H,4-5,8-11H2,1-3H3. The fraction of sp³-hybridized carbons (Fsp3) is 0.688. The molecule has 0 spiro atoms. The van der Waals surface area contributed by atoms with Crippen molar-refractivity contribution in [1.82, 2.24) is 10.3 Å². The molecule has 2 rings (SSSR count). The predicted octanol–water partition coefficient (Wildman–Crippen LogP) is 3.10. The van der Waals surface area contributed by atoms with Gasteiger partial charge in [-0.05, 0) is 37.4 Å². The Kier molecular flexibility index (Phi) is 6.27. The monoisotopic (exact) mass is 311 g/mol. The van der Waals surface area contributed by atoms with Gasteiger partial charge in [-0.1, -0.05) is 25.4 Å². The van der Waals surface area contributed by atoms with Crippen molar-refractivity contribution < 1.29 is 4.74 Å². The molecule has 0 aliphatic heterocycles. The summed E-state index contributed by atoms with van der Waals surface area (Å²) in [5.74, 6) is 1.64. The Morgan fingerprint density at radius 3 is 2.81 bits per heavy atom. The van der Waals surface area contributed by atoms with Gasteiger partial charge in [-0.2, -0.15) is 0 Å². The van der Waals surface area contributed by atoms with Gasteiger partial charge in [0, 0.05) is 26.2 Å². The maximum atomic E-state index is 6.27. The van der Waals surface area contributed by atoms with Crippen molar-refractivity contribution in [3.8, 4) is 0 Å². The molecule has 0 amide bonds. The molecule has 0 radical (unpaired) electrons. The predicted molar refractivity (Wildman–Crippen MR) is 88.0 cm³/mol. The van der Waals surface area contributed by atoms with Crippen molar-refractivity contribution in [2.45, 2.75) is 39.3 Å². The average molecular weight is 312 g/mol. The number of hydrogen-bond acceptors (Lipinski definition) is 4. The van der Waals surface area contributed by atoms with E-state index in [0.717, 1.165) is 36.2 Å². The quantitative estimate of drug-likeness (QED) is 0.760. The smallest absolute Gasteiger partial charge is 0.129 e. The second-order valence-corrected chi connectivity index (χ2v) is 6.45. The van der Waals surface area contributed by atoms with Crippen LogP contribution < -0.4 is 10.2 Å². The number of rotatable bonds is 9. The van der Waals surface area contributed by atoms with Crippen molar-refractivity contribution in [2.75, 3.05) is 31.7 Å². The van der Waals surface area contributed by atoms with Crippen LogP contribution in [0.15, 0.2) is 12.1 Å². The molecule has 1 N–H and O–H groups in total. The van der Waals surface area contributed by atoms with E-state index in [0.29, 0.717) is 18.5 Å². The molecule has 1 saturated carbocycles. The third-order valence-corrected chi connectivity index (χ3v) is 3.91. The van der Waals surface area contributed by atoms with Crippen LogP contribution in [0.1, 0.15) is 32.4 Å². The fourth-order valence-corrected chi connectivity index (χ4v) is 2.47. The summed E-state index contributed by atoms with van der Waals surface area (Å²) in [5.41, 5.74) is 0.929. The van der Waals surface area contributed by atoms with Gasteiger partial charge in [0.05, 0.1) is 17.3 Å². The summed E-state index contributed by atoms with van der Waals surface area (Å²) in [4.78, 5) is 7.10. The highest BCUT2D eigenvalue weighted by Gasteiger charge is 2.29. The minimum absolute atomic E-state index is 0.616. The van der Waals surface area contributed by atoms with Crippen molar-refractivity contribution in [1.29, 1.82) is 0 Å². The van der Waals surface area contributed by atoms with E-state index in [9.17, 15) is 0 Å². The summed E-state index contributed by atoms with van der Waals surface area (Å²) in [6.07, 6.45) is 2.49. The minimum atomic E-state index is 0.616. The van der Waals surface area contributed by atoms with E-state index in [2.05, 4.69) is 24.1 Å². The number of nitrogens with one attached hydrogen (secondary N) is 1. The van der Waals surface area contributed by atoms with Gasteiger partial charge in [0.2, 0.25) is 0 Å². The van der Waals surface area contributed by atoms with E-state index in [1.54, 1.807) is 7.11 Å². The van der Waals surface area contributed by atoms with Gasteiger partial charge in [0.1, 0.15) is 5.82 Å². The second kappa shape index (κ2) is 7.97. The number of hydrogen-bond donors (Lipinski definition) is 1. The number of anilines is 1. The normalized spacial score (nSPS) is 14.7. The molecule has 4 nitrogen and oxygen atoms in total. The topological polar surface area (TPSA) is 37.4 Å². The Hall–Kier alpha value is -0.840. The summed E-state index contributed by atoms with van der Waals surface area (Å²) < 4.78 is 5.21. The number of methoxy groups -OCH3 is 1. The molecule has 0 unspecified atom stereocenters. The Morgan fingerprint density at radius 2 is 2.19 bits per heavy atom. The molecule has 0 atom stereocenters. The third-order valence-electron chi connectivity index (χ3n) is 3.57. The highest BCUT2D eigenvalue weighted by atomic mass is 35.5. The first-order valence-corrected chi connectivity index (χ1v) is 8.11. The first-order valence-electron chi connectivity index (χ1n) is 7.73. The zero-order valence-corrected chi connectivity index (χ0v) is 14.0. The molecule has 1 aliphatic rings. The van der Waals surface area contributed by atoms with Crippen LogP contribution in [0.5, 0.6) is 0 Å². The molecule has 0 saturated heterocycles. The number of pyridine rings is 1. The molecule has 21 heavy (non-hydrogen) atoms. The van der Waals surface area contributed by atoms with Crippen LogP contribution in [0.2, 0.25) is 5.02 Å². The summed E-state index contributed by atoms with van der Waals surface area (Å²) in [5, 5.41) is 4.14. The van der Waals surface area contributed by atoms with Crippen LogP contribution in [0.4, 0.5) is 5.82 Å². The first kappa shape index (κ1) is 16.5. The van der Waals surface area contributed by atoms with E-state index < -0.39 is 0 Å². The molecule has 1 fully saturated rings. The molecule has 5 heteroatoms. The van der Waals surface area contributed by atoms with Gasteiger partial charge in [-0.15, -0.1) is 0 Å². The maximum absolute atomic E-state index is 6.27. The molecular weight excluding hydrogens is 286 g/mol. The largest absolute Gasteiger partial charge is 0.383 e. The van der Waals surface area contributed by atoms with Crippen LogP contribution in [0.25, 0.3) is 0 Å². The maximum Gasteiger partial charge on any atom is 0.129 e. The van der Waals surface area contributed by atoms with Crippen LogP contribution in [0, 0.1) is 5.92 Å². The van der Waals surface area contributed by atoms with Crippen LogP contribution in [0.3, 0.4) is 0 Å². The lowest BCUT2D eigenvalue weighted by Crippen LogP contribution is -2.30. The number of aromatic nitrogens is 1. The van der Waals surface area contributed by atoms with Gasteiger partial charge in [-0.3, -0.25) is 0 Å². The van der Waals surface area contributed by atoms with E-state index in [4.69, 9.17) is 21.3 Å². The highest BCUT2D eigenvalue weighted by molar-refractivity contribution is 6.31. The summed E-state index contributed by atoms with van der Waals surface area (Å²) >= 11 is 6.27. The lowest BCUT2D eigenvalue weighted by molar-refractivity contribution is 0.204. The van der Waals surface area contributed by atoms with Crippen molar-refractivity contribution in [2.24, 2.45) is 5.92 Å². The summed E-state index contributed by atoms with van der Waals surface area (Å²) in [6, 6.07) is 4.59. The molecule has 1 heterocycles. The fourth-order valence-electron chi connectivity index (χ4n) is 2.30. The zero-order valence-electron chi connectivity index (χ0n) is 13.2. The number of ether oxygens (including phenoxy) is 1. The van der Waals surface area contributed by atoms with Gasteiger partial charge in [0.25, 0.3) is 0 Å². The zero-order chi connectivity index (χ0) is 15.2. The Labute approximate surface area is 132 Å². The first-order chi connectivity index (χ1) is 10.1. The lowest BCUT2D eigenvalue weighted by Gasteiger charge is -2.24. The Bertz CT molecular complexity index is 449. The molecule has 1 aliphatic carbocycles. The van der Waals surface area contributed by atoms with E-state index >= 15 is 0 Å². The van der Waals surface area contributed by atoms with E-state index in [1.807, 2.05) is 12.1 Å². The third kappa shape index (κ3) is 5.13. The van der Waals surface area contributed by atoms with Gasteiger partial charge < -0.3 is 15.0 Å². The molecule has 1 aromatic rings. The Morgan fingerprint density at radius 1 is 1.43 bits per heavy atom. The van der Waals surface area contributed by atoms with Crippen molar-refractivity contribution >= 4 is 17.4 Å². The van der Waals surface area contributed by atoms with Gasteiger partial charge in [0.15, 0.2) is 0 Å². The molecule has 1 aromatic heterocycles. The Balaban J connectivity index is 2.04. The van der Waals surface area contributed by atoms with Crippen molar-refractivity contribution in [3.05, 3.63) is 22.8 Å². The van der Waals surface area contributed by atoms with Crippen LogP contribution >= 0.6 is 11.6 Å². The average Bonchev–Trinajstić information content (AvgIpc) is 3.26. The molecular formula is C16H26ClN3O. The van der Waals surface area contributed by atoms with Crippen LogP contribution in [-0.4, -0.2) is 37.8 Å². The highest BCUT2D eigenvalue weighted by Crippen LogP contribution is 2.31. The summed E-state index contributed by atoms with van der Waals surface area (Å²) in [6.45, 7) is 7.68.